The Morgan fingerprint density at radius 1 is 1.12 bits per heavy atom. The number of benzene rings is 2. The number of dihydropyridines is 1. The molecular formula is C29H29F3N6O5. The molecule has 0 radical (unpaired) electrons. The molecule has 0 aliphatic carbocycles. The van der Waals surface area contributed by atoms with Crippen LogP contribution in [0.15, 0.2) is 70.0 Å². The van der Waals surface area contributed by atoms with E-state index in [4.69, 9.17) is 9.26 Å². The number of halogens is 3. The van der Waals surface area contributed by atoms with E-state index in [9.17, 15) is 28.1 Å². The summed E-state index contributed by atoms with van der Waals surface area (Å²) >= 11 is 0. The molecule has 0 saturated carbocycles. The van der Waals surface area contributed by atoms with E-state index in [0.29, 0.717) is 66.8 Å². The van der Waals surface area contributed by atoms with Gasteiger partial charge in [0.2, 0.25) is 0 Å². The first-order chi connectivity index (χ1) is 20.5. The molecule has 43 heavy (non-hydrogen) atoms. The SMILES string of the molecule is COC(=O)C1=C(C)NC(C)=C(c2nc(CN3CCN(c4cccc(C(F)(F)F)c4)CC3)no2)C1c1cccc([N+](=O)[O-])c1. The van der Waals surface area contributed by atoms with Crippen LogP contribution >= 0.6 is 0 Å². The Balaban J connectivity index is 1.36. The van der Waals surface area contributed by atoms with Gasteiger partial charge in [-0.3, -0.25) is 15.0 Å². The second-order valence-corrected chi connectivity index (χ2v) is 10.3. The maximum absolute atomic E-state index is 13.2. The van der Waals surface area contributed by atoms with Crippen LogP contribution in [0.1, 0.15) is 42.6 Å². The van der Waals surface area contributed by atoms with Gasteiger partial charge in [0.15, 0.2) is 5.82 Å². The molecule has 2 aliphatic heterocycles. The monoisotopic (exact) mass is 598 g/mol. The Bertz CT molecular complexity index is 1610. The van der Waals surface area contributed by atoms with E-state index in [2.05, 4.69) is 20.4 Å². The van der Waals surface area contributed by atoms with Gasteiger partial charge in [0.05, 0.1) is 35.6 Å². The van der Waals surface area contributed by atoms with E-state index in [1.54, 1.807) is 32.0 Å². The zero-order valence-corrected chi connectivity index (χ0v) is 23.6. The first kappa shape index (κ1) is 29.8. The van der Waals surface area contributed by atoms with E-state index in [-0.39, 0.29) is 17.2 Å². The van der Waals surface area contributed by atoms with Gasteiger partial charge < -0.3 is 19.5 Å². The number of nitro benzene ring substituents is 1. The molecule has 1 saturated heterocycles. The van der Waals surface area contributed by atoms with Crippen LogP contribution in [0.4, 0.5) is 24.5 Å². The quantitative estimate of drug-likeness (QED) is 0.228. The number of methoxy groups -OCH3 is 1. The third-order valence-electron chi connectivity index (χ3n) is 7.55. The second-order valence-electron chi connectivity index (χ2n) is 10.3. The Labute approximate surface area is 244 Å². The minimum atomic E-state index is -4.41. The number of hydrogen-bond acceptors (Lipinski definition) is 10. The van der Waals surface area contributed by atoms with Crippen molar-refractivity contribution in [3.05, 3.63) is 98.5 Å². The molecule has 226 valence electrons. The number of aromatic nitrogens is 2. The molecule has 14 heteroatoms. The van der Waals surface area contributed by atoms with E-state index >= 15 is 0 Å². The van der Waals surface area contributed by atoms with Crippen molar-refractivity contribution in [3.63, 3.8) is 0 Å². The fourth-order valence-corrected chi connectivity index (χ4v) is 5.48. The van der Waals surface area contributed by atoms with Crippen LogP contribution in [-0.2, 0) is 22.3 Å². The zero-order valence-electron chi connectivity index (χ0n) is 23.6. The molecule has 2 aromatic carbocycles. The normalized spacial score (nSPS) is 18.1. The zero-order chi connectivity index (χ0) is 30.9. The Morgan fingerprint density at radius 3 is 2.51 bits per heavy atom. The first-order valence-electron chi connectivity index (χ1n) is 13.4. The molecule has 3 aromatic rings. The summed E-state index contributed by atoms with van der Waals surface area (Å²) in [7, 11) is 1.26. The maximum atomic E-state index is 13.2. The fourth-order valence-electron chi connectivity index (χ4n) is 5.48. The highest BCUT2D eigenvalue weighted by Gasteiger charge is 2.38. The lowest BCUT2D eigenvalue weighted by Gasteiger charge is -2.35. The Hall–Kier alpha value is -4.72. The van der Waals surface area contributed by atoms with Gasteiger partial charge in [0, 0.05) is 61.0 Å². The van der Waals surface area contributed by atoms with E-state index < -0.39 is 28.6 Å². The predicted molar refractivity (Wildman–Crippen MR) is 150 cm³/mol. The number of allylic oxidation sites excluding steroid dienone is 3. The maximum Gasteiger partial charge on any atom is 0.416 e. The summed E-state index contributed by atoms with van der Waals surface area (Å²) in [6.07, 6.45) is -4.41. The molecule has 0 amide bonds. The van der Waals surface area contributed by atoms with Gasteiger partial charge in [0.25, 0.3) is 11.6 Å². The van der Waals surface area contributed by atoms with Crippen LogP contribution < -0.4 is 10.2 Å². The van der Waals surface area contributed by atoms with Crippen molar-refractivity contribution in [2.45, 2.75) is 32.5 Å². The molecule has 5 rings (SSSR count). The number of anilines is 1. The molecule has 3 heterocycles. The number of rotatable bonds is 7. The summed E-state index contributed by atoms with van der Waals surface area (Å²) in [5, 5.41) is 18.8. The van der Waals surface area contributed by atoms with Crippen molar-refractivity contribution in [2.24, 2.45) is 0 Å². The van der Waals surface area contributed by atoms with Gasteiger partial charge in [-0.1, -0.05) is 23.4 Å². The standard InChI is InChI=1S/C29H29F3N6O5/c1-17-24(26(25(18(2)33-17)28(39)42-3)19-6-4-9-22(14-19)38(40)41)27-34-23(35-43-27)16-36-10-12-37(13-11-36)21-8-5-7-20(15-21)29(30,31)32/h4-9,14-15,26,33H,10-13,16H2,1-3H3. The molecule has 1 unspecified atom stereocenters. The number of ether oxygens (including phenoxy) is 1. The number of nitrogens with zero attached hydrogens (tertiary/aromatic N) is 5. The average molecular weight is 599 g/mol. The number of nitro groups is 1. The van der Waals surface area contributed by atoms with Crippen molar-refractivity contribution in [1.82, 2.24) is 20.4 Å². The van der Waals surface area contributed by atoms with Crippen molar-refractivity contribution in [1.29, 1.82) is 0 Å². The van der Waals surface area contributed by atoms with Crippen LogP contribution in [0.3, 0.4) is 0 Å². The van der Waals surface area contributed by atoms with Crippen LogP contribution in [0, 0.1) is 10.1 Å². The fraction of sp³-hybridized carbons (Fsp3) is 0.345. The largest absolute Gasteiger partial charge is 0.466 e. The molecule has 1 atom stereocenters. The number of carbonyl (C=O) groups excluding carboxylic acids is 1. The lowest BCUT2D eigenvalue weighted by molar-refractivity contribution is -0.384. The van der Waals surface area contributed by atoms with Crippen molar-refractivity contribution >= 4 is 22.9 Å². The topological polar surface area (TPSA) is 127 Å². The molecule has 1 aromatic heterocycles. The highest BCUT2D eigenvalue weighted by molar-refractivity contribution is 5.96. The summed E-state index contributed by atoms with van der Waals surface area (Å²) in [5.41, 5.74) is 2.08. The van der Waals surface area contributed by atoms with E-state index in [0.717, 1.165) is 12.1 Å². The lowest BCUT2D eigenvalue weighted by atomic mass is 9.80. The molecule has 0 spiro atoms. The van der Waals surface area contributed by atoms with E-state index in [1.165, 1.54) is 25.3 Å². The number of alkyl halides is 3. The number of non-ortho nitro benzene ring substituents is 1. The molecular weight excluding hydrogens is 569 g/mol. The minimum Gasteiger partial charge on any atom is -0.466 e. The number of piperazine rings is 1. The Morgan fingerprint density at radius 2 is 1.84 bits per heavy atom. The third kappa shape index (κ3) is 6.23. The van der Waals surface area contributed by atoms with Crippen LogP contribution in [0.25, 0.3) is 5.57 Å². The number of hydrogen-bond donors (Lipinski definition) is 1. The van der Waals surface area contributed by atoms with Crippen LogP contribution in [-0.4, -0.2) is 59.2 Å². The highest BCUT2D eigenvalue weighted by Crippen LogP contribution is 2.44. The smallest absolute Gasteiger partial charge is 0.416 e. The second kappa shape index (κ2) is 11.9. The summed E-state index contributed by atoms with van der Waals surface area (Å²) < 4.78 is 50.2. The average Bonchev–Trinajstić information content (AvgIpc) is 3.44. The van der Waals surface area contributed by atoms with Crippen molar-refractivity contribution < 1.29 is 32.1 Å². The van der Waals surface area contributed by atoms with Crippen molar-refractivity contribution in [2.75, 3.05) is 38.2 Å². The summed E-state index contributed by atoms with van der Waals surface area (Å²) in [6, 6.07) is 11.3. The van der Waals surface area contributed by atoms with Gasteiger partial charge >= 0.3 is 12.1 Å². The third-order valence-corrected chi connectivity index (χ3v) is 7.55. The number of carbonyl (C=O) groups is 1. The van der Waals surface area contributed by atoms with Crippen LogP contribution in [0.2, 0.25) is 0 Å². The van der Waals surface area contributed by atoms with Gasteiger partial charge in [0.1, 0.15) is 0 Å². The van der Waals surface area contributed by atoms with Crippen molar-refractivity contribution in [3.8, 4) is 0 Å². The lowest BCUT2D eigenvalue weighted by Crippen LogP contribution is -2.46. The van der Waals surface area contributed by atoms with E-state index in [1.807, 2.05) is 4.90 Å². The summed E-state index contributed by atoms with van der Waals surface area (Å²) in [6.45, 7) is 5.99. The molecule has 1 N–H and O–H groups in total. The summed E-state index contributed by atoms with van der Waals surface area (Å²) in [5.74, 6) is -0.859. The number of esters is 1. The molecule has 1 fully saturated rings. The summed E-state index contributed by atoms with van der Waals surface area (Å²) in [4.78, 5) is 32.5. The predicted octanol–water partition coefficient (Wildman–Crippen LogP) is 4.88. The van der Waals surface area contributed by atoms with Gasteiger partial charge in [-0.05, 0) is 37.6 Å². The molecule has 0 bridgehead atoms. The minimum absolute atomic E-state index is 0.134. The van der Waals surface area contributed by atoms with Gasteiger partial charge in [-0.15, -0.1) is 0 Å². The van der Waals surface area contributed by atoms with Crippen LogP contribution in [0.5, 0.6) is 0 Å². The molecule has 2 aliphatic rings. The first-order valence-corrected chi connectivity index (χ1v) is 13.4. The highest BCUT2D eigenvalue weighted by atomic mass is 19.4. The number of nitrogens with one attached hydrogen (secondary N) is 1. The van der Waals surface area contributed by atoms with Gasteiger partial charge in [-0.2, -0.15) is 18.2 Å². The Kier molecular flexibility index (Phi) is 8.22. The van der Waals surface area contributed by atoms with Gasteiger partial charge in [-0.25, -0.2) is 4.79 Å². The molecule has 11 nitrogen and oxygen atoms in total.